The fraction of sp³-hybridized carbons (Fsp3) is 0.212. The van der Waals surface area contributed by atoms with Crippen LogP contribution in [0.2, 0.25) is 0 Å². The van der Waals surface area contributed by atoms with Gasteiger partial charge < -0.3 is 18.9 Å². The third-order valence-electron chi connectivity index (χ3n) is 5.78. The van der Waals surface area contributed by atoms with Gasteiger partial charge in [0.25, 0.3) is 0 Å². The highest BCUT2D eigenvalue weighted by Gasteiger charge is 2.16. The summed E-state index contributed by atoms with van der Waals surface area (Å²) in [5.41, 5.74) is 2.69. The molecule has 0 saturated heterocycles. The summed E-state index contributed by atoms with van der Waals surface area (Å²) in [5.74, 6) is 0.430. The number of esters is 2. The van der Waals surface area contributed by atoms with E-state index in [4.69, 9.17) is 18.9 Å². The van der Waals surface area contributed by atoms with E-state index >= 15 is 0 Å². The normalized spacial score (nSPS) is 10.8. The van der Waals surface area contributed by atoms with Crippen LogP contribution in [0.25, 0.3) is 0 Å². The minimum Gasteiger partial charge on any atom is -0.494 e. The van der Waals surface area contributed by atoms with Gasteiger partial charge in [0.15, 0.2) is 5.75 Å². The highest BCUT2D eigenvalue weighted by molar-refractivity contribution is 5.93. The molecule has 0 heterocycles. The van der Waals surface area contributed by atoms with Crippen LogP contribution in [0, 0.1) is 6.92 Å². The predicted octanol–water partition coefficient (Wildman–Crippen LogP) is 8.43. The summed E-state index contributed by atoms with van der Waals surface area (Å²) in [6.07, 6.45) is 1.76. The Hall–Kier alpha value is -4.98. The van der Waals surface area contributed by atoms with Crippen LogP contribution in [0.3, 0.4) is 0 Å². The Bertz CT molecular complexity index is 1480. The number of nitrogens with zero attached hydrogens (tertiary/aromatic N) is 2. The molecule has 4 aromatic carbocycles. The van der Waals surface area contributed by atoms with Gasteiger partial charge in [0.2, 0.25) is 0 Å². The molecule has 0 aliphatic carbocycles. The lowest BCUT2D eigenvalue weighted by molar-refractivity contribution is 0.0733. The quantitative estimate of drug-likeness (QED) is 0.0994. The summed E-state index contributed by atoms with van der Waals surface area (Å²) in [5, 5.41) is 8.55. The van der Waals surface area contributed by atoms with Crippen LogP contribution < -0.4 is 18.9 Å². The molecule has 0 saturated carbocycles. The molecule has 0 radical (unpaired) electrons. The van der Waals surface area contributed by atoms with Crippen LogP contribution in [0.5, 0.6) is 23.0 Å². The molecule has 210 valence electrons. The average molecular weight is 553 g/mol. The van der Waals surface area contributed by atoms with Gasteiger partial charge in [-0.1, -0.05) is 31.5 Å². The van der Waals surface area contributed by atoms with Crippen molar-refractivity contribution in [3.05, 3.63) is 108 Å². The number of hydrogen-bond acceptors (Lipinski definition) is 8. The molecule has 0 aliphatic rings. The van der Waals surface area contributed by atoms with Gasteiger partial charge in [-0.3, -0.25) is 0 Å². The van der Waals surface area contributed by atoms with Crippen molar-refractivity contribution in [3.8, 4) is 23.0 Å². The van der Waals surface area contributed by atoms with Gasteiger partial charge in [-0.05, 0) is 92.6 Å². The molecule has 0 fully saturated rings. The first kappa shape index (κ1) is 29.0. The third kappa shape index (κ3) is 8.50. The highest BCUT2D eigenvalue weighted by Crippen LogP contribution is 2.34. The standard InChI is InChI=1S/C33H32N2O6/c1-4-20-38-27-14-8-24(9-15-27)32(36)40-29-18-19-30(35-34-26-12-6-23(3)7-13-26)31(22-29)41-33(37)25-10-16-28(17-11-25)39-21-5-2/h6-19,22H,4-5,20-21H2,1-3H3. The van der Waals surface area contributed by atoms with E-state index in [1.54, 1.807) is 60.7 Å². The monoisotopic (exact) mass is 552 g/mol. The number of carbonyl (C=O) groups is 2. The Morgan fingerprint density at radius 3 is 1.66 bits per heavy atom. The molecular formula is C33H32N2O6. The van der Waals surface area contributed by atoms with Gasteiger partial charge in [0, 0.05) is 6.07 Å². The Labute approximate surface area is 239 Å². The molecule has 8 nitrogen and oxygen atoms in total. The smallest absolute Gasteiger partial charge is 0.343 e. The van der Waals surface area contributed by atoms with Gasteiger partial charge >= 0.3 is 11.9 Å². The molecule has 0 bridgehead atoms. The van der Waals surface area contributed by atoms with Crippen LogP contribution in [0.4, 0.5) is 11.4 Å². The lowest BCUT2D eigenvalue weighted by Gasteiger charge is -2.11. The van der Waals surface area contributed by atoms with E-state index in [0.29, 0.717) is 47.2 Å². The molecule has 0 amide bonds. The van der Waals surface area contributed by atoms with Gasteiger partial charge in [0.1, 0.15) is 22.9 Å². The van der Waals surface area contributed by atoms with Crippen LogP contribution >= 0.6 is 0 Å². The fourth-order valence-electron chi connectivity index (χ4n) is 3.58. The van der Waals surface area contributed by atoms with E-state index in [1.807, 2.05) is 45.0 Å². The first-order valence-electron chi connectivity index (χ1n) is 13.5. The second-order valence-electron chi connectivity index (χ2n) is 9.19. The van der Waals surface area contributed by atoms with Crippen molar-refractivity contribution in [1.29, 1.82) is 0 Å². The van der Waals surface area contributed by atoms with Gasteiger partial charge in [-0.2, -0.15) is 5.11 Å². The summed E-state index contributed by atoms with van der Waals surface area (Å²) in [6.45, 7) is 7.20. The van der Waals surface area contributed by atoms with Crippen molar-refractivity contribution in [1.82, 2.24) is 0 Å². The van der Waals surface area contributed by atoms with E-state index < -0.39 is 11.9 Å². The maximum atomic E-state index is 13.0. The zero-order valence-corrected chi connectivity index (χ0v) is 23.3. The molecule has 8 heteroatoms. The number of carbonyl (C=O) groups excluding carboxylic acids is 2. The van der Waals surface area contributed by atoms with Gasteiger partial charge in [-0.25, -0.2) is 9.59 Å². The molecule has 0 spiro atoms. The second kappa shape index (κ2) is 14.4. The molecule has 41 heavy (non-hydrogen) atoms. The fourth-order valence-corrected chi connectivity index (χ4v) is 3.58. The SMILES string of the molecule is CCCOc1ccc(C(=O)Oc2ccc(N=Nc3ccc(C)cc3)c(OC(=O)c3ccc(OCCC)cc3)c2)cc1. The number of hydrogen-bond donors (Lipinski definition) is 0. The molecule has 4 rings (SSSR count). The molecule has 0 atom stereocenters. The lowest BCUT2D eigenvalue weighted by atomic mass is 10.2. The van der Waals surface area contributed by atoms with Crippen LogP contribution in [0.15, 0.2) is 101 Å². The van der Waals surface area contributed by atoms with Crippen LogP contribution in [-0.2, 0) is 0 Å². The van der Waals surface area contributed by atoms with Crippen molar-refractivity contribution in [2.75, 3.05) is 13.2 Å². The Balaban J connectivity index is 1.55. The summed E-state index contributed by atoms with van der Waals surface area (Å²) in [6, 6.07) is 25.5. The number of benzene rings is 4. The van der Waals surface area contributed by atoms with E-state index in [-0.39, 0.29) is 11.5 Å². The Kier molecular flexibility index (Phi) is 10.2. The number of aryl methyl sites for hydroxylation is 1. The van der Waals surface area contributed by atoms with E-state index in [9.17, 15) is 9.59 Å². The van der Waals surface area contributed by atoms with E-state index in [0.717, 1.165) is 18.4 Å². The first-order chi connectivity index (χ1) is 19.9. The van der Waals surface area contributed by atoms with Crippen molar-refractivity contribution in [2.24, 2.45) is 10.2 Å². The van der Waals surface area contributed by atoms with E-state index in [1.165, 1.54) is 6.07 Å². The third-order valence-corrected chi connectivity index (χ3v) is 5.78. The largest absolute Gasteiger partial charge is 0.494 e. The topological polar surface area (TPSA) is 95.8 Å². The maximum absolute atomic E-state index is 13.0. The zero-order chi connectivity index (χ0) is 29.0. The highest BCUT2D eigenvalue weighted by atomic mass is 16.5. The van der Waals surface area contributed by atoms with E-state index in [2.05, 4.69) is 10.2 Å². The minimum absolute atomic E-state index is 0.0887. The summed E-state index contributed by atoms with van der Waals surface area (Å²) < 4.78 is 22.4. The molecule has 4 aromatic rings. The first-order valence-corrected chi connectivity index (χ1v) is 13.5. The van der Waals surface area contributed by atoms with Crippen molar-refractivity contribution >= 4 is 23.3 Å². The Morgan fingerprint density at radius 1 is 0.610 bits per heavy atom. The van der Waals surface area contributed by atoms with Gasteiger partial charge in [-0.15, -0.1) is 5.11 Å². The Morgan fingerprint density at radius 2 is 1.12 bits per heavy atom. The summed E-state index contributed by atoms with van der Waals surface area (Å²) in [7, 11) is 0. The number of azo groups is 1. The second-order valence-corrected chi connectivity index (χ2v) is 9.19. The number of ether oxygens (including phenoxy) is 4. The molecule has 0 aliphatic heterocycles. The summed E-state index contributed by atoms with van der Waals surface area (Å²) >= 11 is 0. The lowest BCUT2D eigenvalue weighted by Crippen LogP contribution is -2.10. The van der Waals surface area contributed by atoms with Crippen molar-refractivity contribution < 1.29 is 28.5 Å². The summed E-state index contributed by atoms with van der Waals surface area (Å²) in [4.78, 5) is 25.8. The maximum Gasteiger partial charge on any atom is 0.343 e. The molecule has 0 unspecified atom stereocenters. The average Bonchev–Trinajstić information content (AvgIpc) is 3.00. The van der Waals surface area contributed by atoms with Gasteiger partial charge in [0.05, 0.1) is 30.0 Å². The van der Waals surface area contributed by atoms with Crippen molar-refractivity contribution in [2.45, 2.75) is 33.6 Å². The number of rotatable bonds is 12. The van der Waals surface area contributed by atoms with Crippen LogP contribution in [0.1, 0.15) is 53.0 Å². The molecular weight excluding hydrogens is 520 g/mol. The van der Waals surface area contributed by atoms with Crippen LogP contribution in [-0.4, -0.2) is 25.2 Å². The molecule has 0 N–H and O–H groups in total. The minimum atomic E-state index is -0.607. The predicted molar refractivity (Wildman–Crippen MR) is 156 cm³/mol. The zero-order valence-electron chi connectivity index (χ0n) is 23.3. The molecule has 0 aromatic heterocycles. The van der Waals surface area contributed by atoms with Crippen molar-refractivity contribution in [3.63, 3.8) is 0 Å².